The number of carbonyl (C=O) groups is 3. The molecule has 0 saturated heterocycles. The Hall–Kier alpha value is -4.01. The fourth-order valence-electron chi connectivity index (χ4n) is 3.47. The molecule has 0 fully saturated rings. The molecule has 158 valence electrons. The average molecular weight is 419 g/mol. The highest BCUT2D eigenvalue weighted by Crippen LogP contribution is 2.25. The molecule has 0 saturated carbocycles. The highest BCUT2D eigenvalue weighted by Gasteiger charge is 2.35. The quantitative estimate of drug-likeness (QED) is 0.775. The number of carboxylic acids is 1. The van der Waals surface area contributed by atoms with Gasteiger partial charge in [-0.1, -0.05) is 36.4 Å². The molecule has 2 aliphatic heterocycles. The van der Waals surface area contributed by atoms with Crippen molar-refractivity contribution in [2.75, 3.05) is 16.6 Å². The summed E-state index contributed by atoms with van der Waals surface area (Å²) < 4.78 is 0. The van der Waals surface area contributed by atoms with Crippen molar-refractivity contribution in [2.45, 2.75) is 25.7 Å². The summed E-state index contributed by atoms with van der Waals surface area (Å²) in [4.78, 5) is 37.9. The van der Waals surface area contributed by atoms with Gasteiger partial charge in [0.15, 0.2) is 0 Å². The summed E-state index contributed by atoms with van der Waals surface area (Å²) in [5.41, 5.74) is 1.28. The number of hydrogen-bond donors (Lipinski definition) is 1. The number of rotatable bonds is 6. The predicted molar refractivity (Wildman–Crippen MR) is 116 cm³/mol. The molecule has 0 unspecified atom stereocenters. The number of para-hydroxylation sites is 2. The van der Waals surface area contributed by atoms with Crippen LogP contribution in [0.3, 0.4) is 0 Å². The van der Waals surface area contributed by atoms with E-state index >= 15 is 0 Å². The second kappa shape index (κ2) is 8.78. The molecule has 9 heteroatoms. The molecule has 0 aromatic heterocycles. The van der Waals surface area contributed by atoms with Crippen LogP contribution in [-0.2, 0) is 14.4 Å². The van der Waals surface area contributed by atoms with Gasteiger partial charge in [-0.05, 0) is 30.7 Å². The first-order valence-electron chi connectivity index (χ1n) is 9.93. The lowest BCUT2D eigenvalue weighted by atomic mass is 10.2. The highest BCUT2D eigenvalue weighted by molar-refractivity contribution is 6.21. The van der Waals surface area contributed by atoms with E-state index in [2.05, 4.69) is 10.2 Å². The summed E-state index contributed by atoms with van der Waals surface area (Å²) in [5.74, 6) is -0.421. The third-order valence-corrected chi connectivity index (χ3v) is 4.92. The third kappa shape index (κ3) is 4.45. The minimum Gasteiger partial charge on any atom is -0.481 e. The number of hydrogen-bond acceptors (Lipinski definition) is 6. The van der Waals surface area contributed by atoms with Gasteiger partial charge in [0, 0.05) is 13.0 Å². The van der Waals surface area contributed by atoms with Gasteiger partial charge in [0.05, 0.1) is 24.2 Å². The van der Waals surface area contributed by atoms with Crippen molar-refractivity contribution in [2.24, 2.45) is 10.2 Å². The lowest BCUT2D eigenvalue weighted by molar-refractivity contribution is -0.137. The molecule has 0 spiro atoms. The number of aliphatic carboxylic acids is 1. The first-order chi connectivity index (χ1) is 15.0. The molecule has 4 rings (SSSR count). The highest BCUT2D eigenvalue weighted by atomic mass is 16.4. The number of carbonyl (C=O) groups excluding carboxylic acids is 2. The van der Waals surface area contributed by atoms with Gasteiger partial charge in [0.1, 0.15) is 11.7 Å². The fourth-order valence-corrected chi connectivity index (χ4v) is 3.47. The van der Waals surface area contributed by atoms with Crippen molar-refractivity contribution >= 4 is 40.8 Å². The van der Waals surface area contributed by atoms with E-state index < -0.39 is 5.97 Å². The molecule has 2 aliphatic rings. The Morgan fingerprint density at radius 2 is 1.29 bits per heavy atom. The molecule has 0 radical (unpaired) electrons. The zero-order valence-electron chi connectivity index (χ0n) is 16.7. The van der Waals surface area contributed by atoms with Crippen LogP contribution in [0.5, 0.6) is 0 Å². The van der Waals surface area contributed by atoms with Gasteiger partial charge in [-0.3, -0.25) is 14.4 Å². The maximum atomic E-state index is 12.6. The van der Waals surface area contributed by atoms with Gasteiger partial charge >= 0.3 is 5.97 Å². The first-order valence-corrected chi connectivity index (χ1v) is 9.93. The van der Waals surface area contributed by atoms with Gasteiger partial charge in [-0.25, -0.2) is 0 Å². The van der Waals surface area contributed by atoms with Crippen LogP contribution in [0.25, 0.3) is 0 Å². The zero-order chi connectivity index (χ0) is 21.8. The van der Waals surface area contributed by atoms with Crippen molar-refractivity contribution in [1.29, 1.82) is 0 Å². The Balaban J connectivity index is 1.63. The molecule has 2 heterocycles. The molecule has 1 N–H and O–H groups in total. The standard InChI is InChI=1S/C22H21N5O4/c28-20-14-18(23-26(20)16-8-3-1-4-9-16)25(13-7-12-22(30)31)19-15-21(29)27(24-19)17-10-5-2-6-11-17/h1-6,8-11H,7,12-15H2,(H,30,31). The molecule has 2 aromatic rings. The summed E-state index contributed by atoms with van der Waals surface area (Å²) in [6.07, 6.45) is 0.372. The molecule has 0 aliphatic carbocycles. The summed E-state index contributed by atoms with van der Waals surface area (Å²) in [5, 5.41) is 20.6. The Kier molecular flexibility index (Phi) is 5.74. The van der Waals surface area contributed by atoms with Crippen LogP contribution in [0.4, 0.5) is 11.4 Å². The number of benzene rings is 2. The number of hydrazone groups is 2. The maximum absolute atomic E-state index is 12.6. The fraction of sp³-hybridized carbons (Fsp3) is 0.227. The van der Waals surface area contributed by atoms with E-state index in [0.717, 1.165) is 0 Å². The van der Waals surface area contributed by atoms with E-state index in [9.17, 15) is 14.4 Å². The summed E-state index contributed by atoms with van der Waals surface area (Å²) in [7, 11) is 0. The van der Waals surface area contributed by atoms with Gasteiger partial charge in [0.2, 0.25) is 0 Å². The maximum Gasteiger partial charge on any atom is 0.303 e. The molecule has 31 heavy (non-hydrogen) atoms. The molecule has 0 atom stereocenters. The molecule has 0 bridgehead atoms. The van der Waals surface area contributed by atoms with Crippen LogP contribution in [-0.4, -0.2) is 46.0 Å². The number of nitrogens with zero attached hydrogens (tertiary/aromatic N) is 5. The van der Waals surface area contributed by atoms with Crippen molar-refractivity contribution < 1.29 is 19.5 Å². The smallest absolute Gasteiger partial charge is 0.303 e. The zero-order valence-corrected chi connectivity index (χ0v) is 16.7. The average Bonchev–Trinajstić information content (AvgIpc) is 3.35. The second-order valence-corrected chi connectivity index (χ2v) is 7.12. The first kappa shape index (κ1) is 20.3. The van der Waals surface area contributed by atoms with Crippen LogP contribution < -0.4 is 10.0 Å². The topological polar surface area (TPSA) is 106 Å². The summed E-state index contributed by atoms with van der Waals surface area (Å²) in [6, 6.07) is 18.1. The van der Waals surface area contributed by atoms with Crippen LogP contribution in [0, 0.1) is 0 Å². The van der Waals surface area contributed by atoms with Crippen molar-refractivity contribution in [3.05, 3.63) is 60.7 Å². The number of anilines is 2. The monoisotopic (exact) mass is 419 g/mol. The van der Waals surface area contributed by atoms with Crippen molar-refractivity contribution in [3.63, 3.8) is 0 Å². The van der Waals surface area contributed by atoms with Crippen molar-refractivity contribution in [3.8, 4) is 0 Å². The van der Waals surface area contributed by atoms with E-state index in [-0.39, 0.29) is 37.6 Å². The molecule has 2 aromatic carbocycles. The minimum absolute atomic E-state index is 0.0379. The van der Waals surface area contributed by atoms with Gasteiger partial charge in [-0.15, -0.1) is 0 Å². The van der Waals surface area contributed by atoms with E-state index in [1.165, 1.54) is 10.0 Å². The Labute approximate surface area is 178 Å². The lowest BCUT2D eigenvalue weighted by Crippen LogP contribution is -2.37. The predicted octanol–water partition coefficient (Wildman–Crippen LogP) is 2.65. The van der Waals surface area contributed by atoms with Gasteiger partial charge < -0.3 is 10.0 Å². The number of amidine groups is 2. The molecule has 2 amide bonds. The van der Waals surface area contributed by atoms with Gasteiger partial charge in [-0.2, -0.15) is 20.2 Å². The van der Waals surface area contributed by atoms with Crippen LogP contribution >= 0.6 is 0 Å². The van der Waals surface area contributed by atoms with Crippen LogP contribution in [0.15, 0.2) is 70.9 Å². The van der Waals surface area contributed by atoms with Gasteiger partial charge in [0.25, 0.3) is 11.8 Å². The molecular formula is C22H21N5O4. The van der Waals surface area contributed by atoms with E-state index in [1.807, 2.05) is 36.4 Å². The van der Waals surface area contributed by atoms with E-state index in [0.29, 0.717) is 29.5 Å². The minimum atomic E-state index is -0.911. The van der Waals surface area contributed by atoms with Crippen LogP contribution in [0.2, 0.25) is 0 Å². The number of carboxylic acid groups (broad SMARTS) is 1. The van der Waals surface area contributed by atoms with E-state index in [1.54, 1.807) is 29.2 Å². The Morgan fingerprint density at radius 1 is 0.839 bits per heavy atom. The number of amides is 2. The normalized spacial score (nSPS) is 15.9. The van der Waals surface area contributed by atoms with Crippen molar-refractivity contribution in [1.82, 2.24) is 4.90 Å². The SMILES string of the molecule is O=C(O)CCCN(C1=NN(c2ccccc2)C(=O)C1)C1=NN(c2ccccc2)C(=O)C1. The molecule has 9 nitrogen and oxygen atoms in total. The van der Waals surface area contributed by atoms with Crippen LogP contribution in [0.1, 0.15) is 25.7 Å². The largest absolute Gasteiger partial charge is 0.481 e. The summed E-state index contributed by atoms with van der Waals surface area (Å²) in [6.45, 7) is 0.287. The second-order valence-electron chi connectivity index (χ2n) is 7.12. The molecular weight excluding hydrogens is 398 g/mol. The Bertz CT molecular complexity index is 977. The van der Waals surface area contributed by atoms with E-state index in [4.69, 9.17) is 5.11 Å². The lowest BCUT2D eigenvalue weighted by Gasteiger charge is -2.22. The third-order valence-electron chi connectivity index (χ3n) is 4.92. The summed E-state index contributed by atoms with van der Waals surface area (Å²) >= 11 is 0. The Morgan fingerprint density at radius 3 is 1.71 bits per heavy atom.